The largest absolute Gasteiger partial charge is 0.353 e. The zero-order valence-corrected chi connectivity index (χ0v) is 18.6. The second kappa shape index (κ2) is 11.7. The number of hydrogen-bond donors (Lipinski definition) is 3. The molecule has 0 bridgehead atoms. The van der Waals surface area contributed by atoms with Crippen molar-refractivity contribution in [2.24, 2.45) is 10.2 Å². The summed E-state index contributed by atoms with van der Waals surface area (Å²) < 4.78 is 13.5. The molecule has 170 valence electrons. The summed E-state index contributed by atoms with van der Waals surface area (Å²) in [5.41, 5.74) is 0.900. The van der Waals surface area contributed by atoms with Crippen LogP contribution in [0.5, 0.6) is 0 Å². The summed E-state index contributed by atoms with van der Waals surface area (Å²) in [6.45, 7) is 0. The monoisotopic (exact) mass is 459 g/mol. The Morgan fingerprint density at radius 3 is 2.53 bits per heavy atom. The summed E-state index contributed by atoms with van der Waals surface area (Å²) in [7, 11) is 1.74. The molecule has 1 amide bonds. The van der Waals surface area contributed by atoms with Crippen LogP contribution in [0.15, 0.2) is 58.7 Å². The maximum absolute atomic E-state index is 13.5. The van der Waals surface area contributed by atoms with Gasteiger partial charge in [-0.25, -0.2) is 4.39 Å². The Morgan fingerprint density at radius 1 is 1.19 bits per heavy atom. The van der Waals surface area contributed by atoms with Gasteiger partial charge in [0.1, 0.15) is 11.9 Å². The molecule has 0 saturated heterocycles. The molecule has 2 aromatic rings. The van der Waals surface area contributed by atoms with Crippen LogP contribution in [0, 0.1) is 10.7 Å². The third-order valence-electron chi connectivity index (χ3n) is 5.48. The molecule has 2 atom stereocenters. The lowest BCUT2D eigenvalue weighted by Gasteiger charge is -2.25. The first-order valence-corrected chi connectivity index (χ1v) is 11.0. The second-order valence-corrected chi connectivity index (χ2v) is 8.23. The van der Waals surface area contributed by atoms with Gasteiger partial charge in [-0.05, 0) is 55.8 Å². The van der Waals surface area contributed by atoms with Crippen molar-refractivity contribution in [3.05, 3.63) is 75.4 Å². The van der Waals surface area contributed by atoms with Crippen molar-refractivity contribution in [2.75, 3.05) is 7.05 Å². The standard InChI is InChI=1S/C23H27ClFN5O2/c1-26-21(14-20(30-32)15-9-11-17(24)12-10-15)28-23(27-19-7-2-3-8-19)29-22(31)16-5-4-6-18(25)13-16/h4-6,9-13,19-21,26H,2-3,7-8,14H2,1H3,(H2,27,28,29,31). The van der Waals surface area contributed by atoms with Gasteiger partial charge < -0.3 is 16.0 Å². The zero-order valence-electron chi connectivity index (χ0n) is 17.9. The topological polar surface area (TPSA) is 94.9 Å². The number of nitrogens with one attached hydrogen (secondary N) is 3. The molecule has 7 nitrogen and oxygen atoms in total. The predicted molar refractivity (Wildman–Crippen MR) is 124 cm³/mol. The maximum atomic E-state index is 13.5. The molecule has 0 radical (unpaired) electrons. The van der Waals surface area contributed by atoms with Crippen molar-refractivity contribution in [3.8, 4) is 0 Å². The van der Waals surface area contributed by atoms with Crippen molar-refractivity contribution in [3.63, 3.8) is 0 Å². The highest BCUT2D eigenvalue weighted by atomic mass is 35.5. The van der Waals surface area contributed by atoms with E-state index in [1.807, 2.05) is 0 Å². The van der Waals surface area contributed by atoms with Crippen LogP contribution in [0.2, 0.25) is 5.02 Å². The van der Waals surface area contributed by atoms with Crippen molar-refractivity contribution >= 4 is 23.5 Å². The molecule has 2 unspecified atom stereocenters. The zero-order chi connectivity index (χ0) is 22.9. The Balaban J connectivity index is 1.77. The smallest absolute Gasteiger partial charge is 0.280 e. The number of amides is 1. The van der Waals surface area contributed by atoms with Gasteiger partial charge in [0.2, 0.25) is 5.96 Å². The fraction of sp³-hybridized carbons (Fsp3) is 0.391. The van der Waals surface area contributed by atoms with E-state index >= 15 is 0 Å². The molecule has 0 aliphatic heterocycles. The molecule has 1 aliphatic rings. The normalized spacial score (nSPS) is 16.4. The quantitative estimate of drug-likeness (QED) is 0.233. The average molecular weight is 460 g/mol. The van der Waals surface area contributed by atoms with Gasteiger partial charge in [0.15, 0.2) is 0 Å². The maximum Gasteiger partial charge on any atom is 0.280 e. The molecular formula is C23H27ClFN5O2. The number of nitroso groups, excluding NO2 is 1. The first kappa shape index (κ1) is 23.8. The van der Waals surface area contributed by atoms with E-state index in [0.29, 0.717) is 11.4 Å². The summed E-state index contributed by atoms with van der Waals surface area (Å²) in [5, 5.41) is 13.4. The third kappa shape index (κ3) is 6.83. The minimum atomic E-state index is -0.621. The number of benzene rings is 2. The number of halogens is 2. The van der Waals surface area contributed by atoms with Gasteiger partial charge in [-0.3, -0.25) is 4.79 Å². The molecule has 0 spiro atoms. The van der Waals surface area contributed by atoms with Gasteiger partial charge >= 0.3 is 0 Å². The van der Waals surface area contributed by atoms with Crippen LogP contribution in [-0.2, 0) is 0 Å². The number of nitrogens with zero attached hydrogens (tertiary/aromatic N) is 2. The van der Waals surface area contributed by atoms with E-state index < -0.39 is 23.9 Å². The van der Waals surface area contributed by atoms with Gasteiger partial charge in [-0.15, -0.1) is 0 Å². The number of hydrogen-bond acceptors (Lipinski definition) is 4. The Morgan fingerprint density at radius 2 is 1.91 bits per heavy atom. The Hall–Kier alpha value is -2.84. The number of aliphatic imine (C=N–C) groups is 1. The average Bonchev–Trinajstić information content (AvgIpc) is 3.30. The van der Waals surface area contributed by atoms with Crippen molar-refractivity contribution < 1.29 is 9.18 Å². The van der Waals surface area contributed by atoms with Crippen LogP contribution in [-0.4, -0.2) is 31.1 Å². The molecule has 0 heterocycles. The first-order valence-electron chi connectivity index (χ1n) is 10.7. The Labute approximate surface area is 191 Å². The van der Waals surface area contributed by atoms with Crippen LogP contribution in [0.3, 0.4) is 0 Å². The molecule has 3 N–H and O–H groups in total. The fourth-order valence-corrected chi connectivity index (χ4v) is 3.85. The number of carbonyl (C=O) groups is 1. The minimum absolute atomic E-state index is 0.159. The van der Waals surface area contributed by atoms with E-state index in [9.17, 15) is 14.1 Å². The molecule has 1 saturated carbocycles. The number of rotatable bonds is 8. The molecule has 3 rings (SSSR count). The highest BCUT2D eigenvalue weighted by Gasteiger charge is 2.22. The molecular weight excluding hydrogens is 433 g/mol. The second-order valence-electron chi connectivity index (χ2n) is 7.80. The Bertz CT molecular complexity index is 948. The predicted octanol–water partition coefficient (Wildman–Crippen LogP) is 4.54. The lowest BCUT2D eigenvalue weighted by molar-refractivity contribution is 0.100. The molecule has 1 aliphatic carbocycles. The Kier molecular flexibility index (Phi) is 8.70. The van der Waals surface area contributed by atoms with Crippen molar-refractivity contribution in [1.82, 2.24) is 16.0 Å². The molecule has 32 heavy (non-hydrogen) atoms. The van der Waals surface area contributed by atoms with E-state index in [2.05, 4.69) is 26.1 Å². The van der Waals surface area contributed by atoms with E-state index in [1.165, 1.54) is 18.2 Å². The lowest BCUT2D eigenvalue weighted by atomic mass is 10.0. The highest BCUT2D eigenvalue weighted by Crippen LogP contribution is 2.24. The minimum Gasteiger partial charge on any atom is -0.353 e. The van der Waals surface area contributed by atoms with E-state index in [-0.39, 0.29) is 17.6 Å². The summed E-state index contributed by atoms with van der Waals surface area (Å²) in [6, 6.07) is 11.9. The summed E-state index contributed by atoms with van der Waals surface area (Å²) in [4.78, 5) is 28.4. The summed E-state index contributed by atoms with van der Waals surface area (Å²) in [6.07, 6.45) is 4.07. The number of guanidine groups is 1. The lowest BCUT2D eigenvalue weighted by Crippen LogP contribution is -2.51. The van der Waals surface area contributed by atoms with E-state index in [4.69, 9.17) is 11.6 Å². The van der Waals surface area contributed by atoms with Crippen molar-refractivity contribution in [1.29, 1.82) is 0 Å². The van der Waals surface area contributed by atoms with Gasteiger partial charge in [-0.2, -0.15) is 9.90 Å². The van der Waals surface area contributed by atoms with E-state index in [0.717, 1.165) is 37.3 Å². The van der Waals surface area contributed by atoms with E-state index in [1.54, 1.807) is 31.3 Å². The van der Waals surface area contributed by atoms with Gasteiger partial charge in [0, 0.05) is 23.0 Å². The SMILES string of the molecule is CNC(CC(N=O)c1ccc(Cl)cc1)N/C(=N\C(=O)c1cccc(F)c1)NC1CCCC1. The number of carbonyl (C=O) groups excluding carboxylic acids is 1. The van der Waals surface area contributed by atoms with Gasteiger partial charge in [-0.1, -0.05) is 47.8 Å². The van der Waals surface area contributed by atoms with Gasteiger partial charge in [0.05, 0.1) is 6.17 Å². The van der Waals surface area contributed by atoms with Crippen LogP contribution in [0.1, 0.15) is 54.1 Å². The van der Waals surface area contributed by atoms with Crippen molar-refractivity contribution in [2.45, 2.75) is 50.4 Å². The molecule has 2 aromatic carbocycles. The first-order chi connectivity index (χ1) is 15.5. The molecule has 9 heteroatoms. The summed E-state index contributed by atoms with van der Waals surface area (Å²) in [5.74, 6) is -0.776. The third-order valence-corrected chi connectivity index (χ3v) is 5.73. The summed E-state index contributed by atoms with van der Waals surface area (Å²) >= 11 is 5.94. The van der Waals surface area contributed by atoms with Crippen LogP contribution < -0.4 is 16.0 Å². The van der Waals surface area contributed by atoms with Crippen LogP contribution in [0.25, 0.3) is 0 Å². The highest BCUT2D eigenvalue weighted by molar-refractivity contribution is 6.30. The van der Waals surface area contributed by atoms with Crippen LogP contribution in [0.4, 0.5) is 4.39 Å². The van der Waals surface area contributed by atoms with Gasteiger partial charge in [0.25, 0.3) is 5.91 Å². The van der Waals surface area contributed by atoms with Crippen LogP contribution >= 0.6 is 11.6 Å². The molecule has 0 aromatic heterocycles. The molecule has 1 fully saturated rings. The fourth-order valence-electron chi connectivity index (χ4n) is 3.72.